The van der Waals surface area contributed by atoms with Gasteiger partial charge in [-0.3, -0.25) is 10.2 Å². The SMILES string of the molecule is Cc1ccc(/C=C/c2onc(C)c2NC(=O)c2cc3cc(Cl)ccc3oc2=N)cc1. The zero-order chi connectivity index (χ0) is 21.3. The number of nitrogens with zero attached hydrogens (tertiary/aromatic N) is 1. The van der Waals surface area contributed by atoms with Crippen LogP contribution in [-0.2, 0) is 0 Å². The van der Waals surface area contributed by atoms with Gasteiger partial charge in [-0.1, -0.05) is 52.7 Å². The minimum atomic E-state index is -0.498. The predicted octanol–water partition coefficient (Wildman–Crippen LogP) is 5.59. The van der Waals surface area contributed by atoms with E-state index in [1.54, 1.807) is 37.3 Å². The smallest absolute Gasteiger partial charge is 0.261 e. The normalized spacial score (nSPS) is 11.3. The summed E-state index contributed by atoms with van der Waals surface area (Å²) in [7, 11) is 0. The molecule has 4 rings (SSSR count). The van der Waals surface area contributed by atoms with Gasteiger partial charge in [0.1, 0.15) is 22.5 Å². The number of amides is 1. The molecule has 7 heteroatoms. The summed E-state index contributed by atoms with van der Waals surface area (Å²) in [4.78, 5) is 12.9. The Morgan fingerprint density at radius 3 is 2.63 bits per heavy atom. The van der Waals surface area contributed by atoms with E-state index in [0.717, 1.165) is 5.56 Å². The monoisotopic (exact) mass is 419 g/mol. The molecule has 0 saturated carbocycles. The quantitative estimate of drug-likeness (QED) is 0.450. The minimum absolute atomic E-state index is 0.0823. The van der Waals surface area contributed by atoms with E-state index in [4.69, 9.17) is 26.0 Å². The van der Waals surface area contributed by atoms with E-state index in [1.165, 1.54) is 5.56 Å². The molecule has 0 radical (unpaired) electrons. The lowest BCUT2D eigenvalue weighted by atomic mass is 10.1. The molecule has 0 spiro atoms. The molecule has 150 valence electrons. The van der Waals surface area contributed by atoms with Crippen LogP contribution in [0.2, 0.25) is 5.02 Å². The van der Waals surface area contributed by atoms with Crippen LogP contribution in [0.3, 0.4) is 0 Å². The third kappa shape index (κ3) is 4.04. The fraction of sp³-hybridized carbons (Fsp3) is 0.0870. The number of rotatable bonds is 4. The molecular weight excluding hydrogens is 402 g/mol. The molecule has 0 atom stereocenters. The number of fused-ring (bicyclic) bond motifs is 1. The fourth-order valence-electron chi connectivity index (χ4n) is 2.96. The first-order valence-corrected chi connectivity index (χ1v) is 9.59. The van der Waals surface area contributed by atoms with Gasteiger partial charge in [0.05, 0.1) is 0 Å². The molecule has 2 N–H and O–H groups in total. The Bertz CT molecular complexity index is 1330. The zero-order valence-electron chi connectivity index (χ0n) is 16.3. The fourth-order valence-corrected chi connectivity index (χ4v) is 3.14. The van der Waals surface area contributed by atoms with Crippen molar-refractivity contribution in [2.45, 2.75) is 13.8 Å². The van der Waals surface area contributed by atoms with Crippen molar-refractivity contribution in [3.8, 4) is 0 Å². The molecule has 2 aromatic heterocycles. The van der Waals surface area contributed by atoms with Crippen LogP contribution >= 0.6 is 11.6 Å². The summed E-state index contributed by atoms with van der Waals surface area (Å²) >= 11 is 6.02. The van der Waals surface area contributed by atoms with Crippen LogP contribution in [-0.4, -0.2) is 11.1 Å². The largest absolute Gasteiger partial charge is 0.438 e. The number of hydrogen-bond donors (Lipinski definition) is 2. The van der Waals surface area contributed by atoms with Gasteiger partial charge in [-0.2, -0.15) is 0 Å². The number of nitrogens with one attached hydrogen (secondary N) is 2. The van der Waals surface area contributed by atoms with Gasteiger partial charge in [-0.15, -0.1) is 0 Å². The molecule has 2 heterocycles. The molecule has 2 aromatic carbocycles. The maximum Gasteiger partial charge on any atom is 0.261 e. The molecule has 0 aliphatic carbocycles. The maximum absolute atomic E-state index is 12.9. The van der Waals surface area contributed by atoms with Crippen molar-refractivity contribution < 1.29 is 13.7 Å². The number of carbonyl (C=O) groups excluding carboxylic acids is 1. The Labute approximate surface area is 177 Å². The lowest BCUT2D eigenvalue weighted by Gasteiger charge is -2.06. The lowest BCUT2D eigenvalue weighted by molar-refractivity contribution is 0.102. The molecule has 30 heavy (non-hydrogen) atoms. The van der Waals surface area contributed by atoms with Gasteiger partial charge in [0, 0.05) is 10.4 Å². The van der Waals surface area contributed by atoms with Crippen molar-refractivity contribution in [2.24, 2.45) is 0 Å². The Morgan fingerprint density at radius 1 is 1.10 bits per heavy atom. The van der Waals surface area contributed by atoms with E-state index in [0.29, 0.717) is 33.1 Å². The molecule has 0 saturated heterocycles. The Hall–Kier alpha value is -3.64. The van der Waals surface area contributed by atoms with E-state index < -0.39 is 5.91 Å². The number of aryl methyl sites for hydroxylation is 2. The van der Waals surface area contributed by atoms with E-state index in [-0.39, 0.29) is 11.1 Å². The van der Waals surface area contributed by atoms with E-state index in [1.807, 2.05) is 37.3 Å². The van der Waals surface area contributed by atoms with Crippen molar-refractivity contribution in [2.75, 3.05) is 5.32 Å². The second-order valence-corrected chi connectivity index (χ2v) is 7.31. The summed E-state index contributed by atoms with van der Waals surface area (Å²) in [5.74, 6) is -0.0874. The van der Waals surface area contributed by atoms with Crippen molar-refractivity contribution in [3.05, 3.63) is 87.3 Å². The van der Waals surface area contributed by atoms with Crippen LogP contribution in [0.15, 0.2) is 57.5 Å². The number of hydrogen-bond acceptors (Lipinski definition) is 5. The summed E-state index contributed by atoms with van der Waals surface area (Å²) < 4.78 is 10.8. The Morgan fingerprint density at radius 2 is 1.87 bits per heavy atom. The summed E-state index contributed by atoms with van der Waals surface area (Å²) in [6.07, 6.45) is 3.62. The number of halogens is 1. The highest BCUT2D eigenvalue weighted by Crippen LogP contribution is 2.24. The van der Waals surface area contributed by atoms with Crippen molar-refractivity contribution in [1.29, 1.82) is 5.41 Å². The molecule has 0 fully saturated rings. The van der Waals surface area contributed by atoms with Gasteiger partial charge in [0.25, 0.3) is 5.91 Å². The first-order valence-electron chi connectivity index (χ1n) is 9.21. The van der Waals surface area contributed by atoms with E-state index in [2.05, 4.69) is 10.5 Å². The average Bonchev–Trinajstić information content (AvgIpc) is 3.06. The standard InChI is InChI=1S/C23H18ClN3O3/c1-13-3-5-15(6-4-13)7-9-20-21(14(2)27-30-20)26-23(28)18-12-16-11-17(24)8-10-19(16)29-22(18)25/h3-12,25H,1-2H3,(H,26,28)/b9-7+,25-22?. The van der Waals surface area contributed by atoms with Crippen LogP contribution in [0, 0.1) is 19.3 Å². The van der Waals surface area contributed by atoms with Gasteiger partial charge in [0.15, 0.2) is 5.76 Å². The van der Waals surface area contributed by atoms with Crippen LogP contribution in [0.25, 0.3) is 23.1 Å². The van der Waals surface area contributed by atoms with Gasteiger partial charge < -0.3 is 14.3 Å². The van der Waals surface area contributed by atoms with Gasteiger partial charge >= 0.3 is 0 Å². The molecule has 4 aromatic rings. The molecule has 0 bridgehead atoms. The van der Waals surface area contributed by atoms with Crippen LogP contribution in [0.1, 0.15) is 32.9 Å². The molecule has 0 aliphatic heterocycles. The van der Waals surface area contributed by atoms with Gasteiger partial charge in [-0.25, -0.2) is 0 Å². The Kier molecular flexibility index (Phi) is 5.25. The summed E-state index contributed by atoms with van der Waals surface area (Å²) in [6.45, 7) is 3.75. The number of aromatic nitrogens is 1. The number of anilines is 1. The summed E-state index contributed by atoms with van der Waals surface area (Å²) in [6, 6.07) is 14.6. The highest BCUT2D eigenvalue weighted by Gasteiger charge is 2.18. The molecule has 0 unspecified atom stereocenters. The number of carbonyl (C=O) groups is 1. The highest BCUT2D eigenvalue weighted by atomic mass is 35.5. The minimum Gasteiger partial charge on any atom is -0.438 e. The first kappa shape index (κ1) is 19.7. The molecule has 0 aliphatic rings. The van der Waals surface area contributed by atoms with E-state index in [9.17, 15) is 4.79 Å². The zero-order valence-corrected chi connectivity index (χ0v) is 17.1. The van der Waals surface area contributed by atoms with Crippen LogP contribution in [0.5, 0.6) is 0 Å². The second kappa shape index (κ2) is 8.00. The highest BCUT2D eigenvalue weighted by molar-refractivity contribution is 6.31. The lowest BCUT2D eigenvalue weighted by Crippen LogP contribution is -2.21. The van der Waals surface area contributed by atoms with Crippen molar-refractivity contribution in [1.82, 2.24) is 5.16 Å². The Balaban J connectivity index is 1.63. The number of benzene rings is 2. The molecule has 1 amide bonds. The van der Waals surface area contributed by atoms with Crippen molar-refractivity contribution in [3.63, 3.8) is 0 Å². The summed E-state index contributed by atoms with van der Waals surface area (Å²) in [5.41, 5.74) is 3.44. The molecule has 6 nitrogen and oxygen atoms in total. The van der Waals surface area contributed by atoms with Crippen LogP contribution < -0.4 is 10.9 Å². The topological polar surface area (TPSA) is 92.1 Å². The predicted molar refractivity (Wildman–Crippen MR) is 116 cm³/mol. The molecular formula is C23H18ClN3O3. The second-order valence-electron chi connectivity index (χ2n) is 6.88. The van der Waals surface area contributed by atoms with Gasteiger partial charge in [0.2, 0.25) is 5.55 Å². The summed E-state index contributed by atoms with van der Waals surface area (Å²) in [5, 5.41) is 15.9. The van der Waals surface area contributed by atoms with Gasteiger partial charge in [-0.05, 0) is 49.8 Å². The maximum atomic E-state index is 12.9. The first-order chi connectivity index (χ1) is 14.4. The van der Waals surface area contributed by atoms with Crippen LogP contribution in [0.4, 0.5) is 5.69 Å². The van der Waals surface area contributed by atoms with Crippen molar-refractivity contribution >= 4 is 46.3 Å². The third-order valence-electron chi connectivity index (χ3n) is 4.61. The average molecular weight is 420 g/mol. The van der Waals surface area contributed by atoms with E-state index >= 15 is 0 Å². The third-order valence-corrected chi connectivity index (χ3v) is 4.84.